The van der Waals surface area contributed by atoms with Crippen LogP contribution in [0.4, 0.5) is 0 Å². The zero-order valence-corrected chi connectivity index (χ0v) is 21.0. The summed E-state index contributed by atoms with van der Waals surface area (Å²) in [6.45, 7) is 6.39. The smallest absolute Gasteiger partial charge is 0.244 e. The van der Waals surface area contributed by atoms with Gasteiger partial charge in [0.15, 0.2) is 11.5 Å². The van der Waals surface area contributed by atoms with Gasteiger partial charge >= 0.3 is 0 Å². The van der Waals surface area contributed by atoms with E-state index in [1.165, 1.54) is 6.08 Å². The number of rotatable bonds is 10. The third-order valence-electron chi connectivity index (χ3n) is 5.49. The summed E-state index contributed by atoms with van der Waals surface area (Å²) in [5, 5.41) is 2.87. The van der Waals surface area contributed by atoms with Gasteiger partial charge in [0.05, 0.1) is 44.1 Å². The van der Waals surface area contributed by atoms with Crippen molar-refractivity contribution in [3.8, 4) is 23.0 Å². The van der Waals surface area contributed by atoms with Gasteiger partial charge in [-0.25, -0.2) is 0 Å². The Kier molecular flexibility index (Phi) is 8.67. The van der Waals surface area contributed by atoms with Gasteiger partial charge in [-0.1, -0.05) is 6.07 Å². The highest BCUT2D eigenvalue weighted by Crippen LogP contribution is 2.29. The predicted molar refractivity (Wildman–Crippen MR) is 134 cm³/mol. The van der Waals surface area contributed by atoms with Crippen molar-refractivity contribution in [2.24, 2.45) is 0 Å². The number of nitrogens with zero attached hydrogens (tertiary/aromatic N) is 2. The van der Waals surface area contributed by atoms with Crippen LogP contribution >= 0.6 is 0 Å². The summed E-state index contributed by atoms with van der Waals surface area (Å²) in [6.07, 6.45) is 3.14. The monoisotopic (exact) mass is 477 g/mol. The highest BCUT2D eigenvalue weighted by molar-refractivity contribution is 5.92. The number of aromatic nitrogens is 2. The second kappa shape index (κ2) is 11.9. The number of carbonyl (C=O) groups excluding carboxylic acids is 1. The first kappa shape index (κ1) is 25.6. The number of hydrogen-bond acceptors (Lipinski definition) is 7. The van der Waals surface area contributed by atoms with Crippen molar-refractivity contribution in [2.75, 3.05) is 21.3 Å². The molecule has 8 nitrogen and oxygen atoms in total. The van der Waals surface area contributed by atoms with Crippen molar-refractivity contribution in [1.29, 1.82) is 0 Å². The molecule has 0 bridgehead atoms. The number of carbonyl (C=O) groups is 1. The first-order valence-electron chi connectivity index (χ1n) is 11.1. The second-order valence-corrected chi connectivity index (χ2v) is 7.86. The standard InChI is InChI=1S/C27H31N3O5/c1-17-18(2)30-23(19(3)29-17)16-35-25-10-7-20(13-26(25)34-6)15-28-27(31)12-8-21-14-22(32-4)9-11-24(21)33-5/h7-14H,15-16H2,1-6H3,(H,28,31)/b12-8+. The minimum atomic E-state index is -0.238. The second-order valence-electron chi connectivity index (χ2n) is 7.86. The number of amides is 1. The highest BCUT2D eigenvalue weighted by atomic mass is 16.5. The first-order valence-corrected chi connectivity index (χ1v) is 11.1. The maximum absolute atomic E-state index is 12.4. The summed E-state index contributed by atoms with van der Waals surface area (Å²) in [5.74, 6) is 2.25. The lowest BCUT2D eigenvalue weighted by Gasteiger charge is -2.13. The molecule has 0 unspecified atom stereocenters. The van der Waals surface area contributed by atoms with Gasteiger partial charge in [0.1, 0.15) is 18.1 Å². The minimum Gasteiger partial charge on any atom is -0.497 e. The van der Waals surface area contributed by atoms with Crippen LogP contribution < -0.4 is 24.3 Å². The fourth-order valence-electron chi connectivity index (χ4n) is 3.37. The Morgan fingerprint density at radius 2 is 1.57 bits per heavy atom. The van der Waals surface area contributed by atoms with Crippen LogP contribution in [0.25, 0.3) is 6.08 Å². The summed E-state index contributed by atoms with van der Waals surface area (Å²) >= 11 is 0. The molecule has 3 aromatic rings. The molecule has 0 aliphatic carbocycles. The summed E-state index contributed by atoms with van der Waals surface area (Å²) in [4.78, 5) is 21.4. The van der Waals surface area contributed by atoms with Crippen LogP contribution in [0, 0.1) is 20.8 Å². The largest absolute Gasteiger partial charge is 0.497 e. The normalized spacial score (nSPS) is 10.8. The molecule has 0 aliphatic rings. The van der Waals surface area contributed by atoms with E-state index in [2.05, 4.69) is 15.3 Å². The predicted octanol–water partition coefficient (Wildman–Crippen LogP) is 4.34. The fourth-order valence-corrected chi connectivity index (χ4v) is 3.37. The van der Waals surface area contributed by atoms with E-state index in [4.69, 9.17) is 18.9 Å². The van der Waals surface area contributed by atoms with E-state index < -0.39 is 0 Å². The van der Waals surface area contributed by atoms with Gasteiger partial charge in [-0.15, -0.1) is 0 Å². The lowest BCUT2D eigenvalue weighted by molar-refractivity contribution is -0.116. The van der Waals surface area contributed by atoms with E-state index in [9.17, 15) is 4.79 Å². The Hall–Kier alpha value is -4.07. The van der Waals surface area contributed by atoms with Gasteiger partial charge in [-0.05, 0) is 62.7 Å². The van der Waals surface area contributed by atoms with E-state index in [1.807, 2.05) is 39.0 Å². The quantitative estimate of drug-likeness (QED) is 0.435. The number of nitrogens with one attached hydrogen (secondary N) is 1. The number of benzene rings is 2. The van der Waals surface area contributed by atoms with Gasteiger partial charge < -0.3 is 24.3 Å². The lowest BCUT2D eigenvalue weighted by Crippen LogP contribution is -2.20. The van der Waals surface area contributed by atoms with Gasteiger partial charge in [0.25, 0.3) is 0 Å². The molecule has 3 rings (SSSR count). The maximum Gasteiger partial charge on any atom is 0.244 e. The average Bonchev–Trinajstić information content (AvgIpc) is 2.87. The molecule has 1 aromatic heterocycles. The molecule has 0 aliphatic heterocycles. The molecule has 0 saturated carbocycles. The maximum atomic E-state index is 12.4. The number of hydrogen-bond donors (Lipinski definition) is 1. The molecule has 1 N–H and O–H groups in total. The van der Waals surface area contributed by atoms with Crippen molar-refractivity contribution in [1.82, 2.24) is 15.3 Å². The van der Waals surface area contributed by atoms with Crippen LogP contribution in [0.15, 0.2) is 42.5 Å². The van der Waals surface area contributed by atoms with Crippen LogP contribution in [-0.4, -0.2) is 37.2 Å². The molecule has 1 heterocycles. The van der Waals surface area contributed by atoms with E-state index in [1.54, 1.807) is 45.6 Å². The molecule has 0 spiro atoms. The van der Waals surface area contributed by atoms with Gasteiger partial charge in [0.2, 0.25) is 5.91 Å². The SMILES string of the molecule is COc1ccc(OC)c(/C=C/C(=O)NCc2ccc(OCc3nc(C)c(C)nc3C)c(OC)c2)c1. The van der Waals surface area contributed by atoms with Crippen molar-refractivity contribution < 1.29 is 23.7 Å². The minimum absolute atomic E-state index is 0.238. The Bertz CT molecular complexity index is 1220. The lowest BCUT2D eigenvalue weighted by atomic mass is 10.1. The average molecular weight is 478 g/mol. The molecular formula is C27H31N3O5. The summed E-state index contributed by atoms with van der Waals surface area (Å²) in [7, 11) is 4.75. The molecule has 0 fully saturated rings. The number of methoxy groups -OCH3 is 3. The van der Waals surface area contributed by atoms with Crippen LogP contribution in [0.5, 0.6) is 23.0 Å². The topological polar surface area (TPSA) is 91.8 Å². The Balaban J connectivity index is 1.62. The van der Waals surface area contributed by atoms with Crippen molar-refractivity contribution in [3.63, 3.8) is 0 Å². The van der Waals surface area contributed by atoms with Gasteiger partial charge in [0, 0.05) is 18.2 Å². The molecule has 0 atom stereocenters. The third-order valence-corrected chi connectivity index (χ3v) is 5.49. The van der Waals surface area contributed by atoms with Gasteiger partial charge in [-0.3, -0.25) is 14.8 Å². The summed E-state index contributed by atoms with van der Waals surface area (Å²) < 4.78 is 22.0. The van der Waals surface area contributed by atoms with E-state index in [0.29, 0.717) is 29.5 Å². The molecule has 1 amide bonds. The van der Waals surface area contributed by atoms with Crippen molar-refractivity contribution in [3.05, 3.63) is 76.4 Å². The molecule has 184 valence electrons. The fraction of sp³-hybridized carbons (Fsp3) is 0.296. The number of aryl methyl sites for hydroxylation is 3. The van der Waals surface area contributed by atoms with Crippen molar-refractivity contribution >= 4 is 12.0 Å². The van der Waals surface area contributed by atoms with Crippen molar-refractivity contribution in [2.45, 2.75) is 33.9 Å². The summed E-state index contributed by atoms with van der Waals surface area (Å²) in [5.41, 5.74) is 5.03. The van der Waals surface area contributed by atoms with Gasteiger partial charge in [-0.2, -0.15) is 0 Å². The molecular weight excluding hydrogens is 446 g/mol. The number of ether oxygens (including phenoxy) is 4. The first-order chi connectivity index (χ1) is 16.8. The van der Waals surface area contributed by atoms with Crippen LogP contribution in [0.1, 0.15) is 33.9 Å². The Morgan fingerprint density at radius 1 is 0.857 bits per heavy atom. The highest BCUT2D eigenvalue weighted by Gasteiger charge is 2.11. The molecule has 2 aromatic carbocycles. The molecule has 35 heavy (non-hydrogen) atoms. The van der Waals surface area contributed by atoms with E-state index in [0.717, 1.165) is 33.9 Å². The summed E-state index contributed by atoms with van der Waals surface area (Å²) in [6, 6.07) is 10.9. The zero-order chi connectivity index (χ0) is 25.4. The molecule has 0 radical (unpaired) electrons. The van der Waals surface area contributed by atoms with Crippen LogP contribution in [0.2, 0.25) is 0 Å². The molecule has 8 heteroatoms. The van der Waals surface area contributed by atoms with E-state index in [-0.39, 0.29) is 12.5 Å². The third kappa shape index (κ3) is 6.72. The van der Waals surface area contributed by atoms with E-state index >= 15 is 0 Å². The zero-order valence-electron chi connectivity index (χ0n) is 21.0. The Morgan fingerprint density at radius 3 is 2.29 bits per heavy atom. The Labute approximate surface area is 205 Å². The van der Waals surface area contributed by atoms with Crippen LogP contribution in [0.3, 0.4) is 0 Å². The molecule has 0 saturated heterocycles. The van der Waals surface area contributed by atoms with Crippen LogP contribution in [-0.2, 0) is 17.9 Å².